The van der Waals surface area contributed by atoms with Gasteiger partial charge < -0.3 is 9.80 Å². The van der Waals surface area contributed by atoms with E-state index in [-0.39, 0.29) is 0 Å². The lowest BCUT2D eigenvalue weighted by molar-refractivity contribution is 0.642. The maximum atomic E-state index is 4.18. The Balaban J connectivity index is 2.99. The van der Waals surface area contributed by atoms with Crippen LogP contribution in [0.1, 0.15) is 5.82 Å². The molecule has 0 aromatic carbocycles. The van der Waals surface area contributed by atoms with Gasteiger partial charge in [-0.3, -0.25) is 0 Å². The van der Waals surface area contributed by atoms with Crippen molar-refractivity contribution < 1.29 is 0 Å². The van der Waals surface area contributed by atoms with E-state index in [1.54, 1.807) is 6.34 Å². The van der Waals surface area contributed by atoms with Crippen molar-refractivity contribution in [2.45, 2.75) is 6.92 Å². The van der Waals surface area contributed by atoms with E-state index in [1.807, 2.05) is 44.9 Å². The highest BCUT2D eigenvalue weighted by molar-refractivity contribution is 5.58. The van der Waals surface area contributed by atoms with Gasteiger partial charge in [-0.1, -0.05) is 0 Å². The minimum absolute atomic E-state index is 0.430. The molecule has 0 aliphatic carbocycles. The molecule has 0 fully saturated rings. The Morgan fingerprint density at radius 2 is 1.73 bits per heavy atom. The molecule has 0 N–H and O–H groups in total. The second-order valence-electron chi connectivity index (χ2n) is 3.59. The Hall–Kier alpha value is -1.72. The Morgan fingerprint density at radius 1 is 1.07 bits per heavy atom. The molecule has 0 bridgehead atoms. The number of anilines is 1. The number of aromatic nitrogens is 3. The molecule has 0 atom stereocenters. The number of hydrogen-bond acceptors (Lipinski definition) is 5. The normalized spacial score (nSPS) is 10.7. The fourth-order valence-electron chi connectivity index (χ4n) is 0.879. The number of hydrogen-bond donors (Lipinski definition) is 0. The van der Waals surface area contributed by atoms with Crippen LogP contribution in [0.2, 0.25) is 0 Å². The summed E-state index contributed by atoms with van der Waals surface area (Å²) in [7, 11) is 7.55. The lowest BCUT2D eigenvalue weighted by atomic mass is 10.6. The van der Waals surface area contributed by atoms with Crippen molar-refractivity contribution in [2.24, 2.45) is 4.99 Å². The van der Waals surface area contributed by atoms with Crippen LogP contribution in [-0.4, -0.2) is 54.4 Å². The average molecular weight is 208 g/mol. The van der Waals surface area contributed by atoms with Gasteiger partial charge in [0.2, 0.25) is 5.95 Å². The summed E-state index contributed by atoms with van der Waals surface area (Å²) in [4.78, 5) is 20.2. The van der Waals surface area contributed by atoms with Crippen LogP contribution in [0.4, 0.5) is 11.9 Å². The predicted molar refractivity (Wildman–Crippen MR) is 60.7 cm³/mol. The molecule has 0 radical (unpaired) electrons. The zero-order valence-corrected chi connectivity index (χ0v) is 9.76. The average Bonchev–Trinajstić information content (AvgIpc) is 2.13. The van der Waals surface area contributed by atoms with E-state index in [0.29, 0.717) is 17.7 Å². The summed E-state index contributed by atoms with van der Waals surface area (Å²) in [6.45, 7) is 1.82. The highest BCUT2D eigenvalue weighted by Crippen LogP contribution is 2.09. The summed E-state index contributed by atoms with van der Waals surface area (Å²) < 4.78 is 0. The van der Waals surface area contributed by atoms with Crippen LogP contribution < -0.4 is 4.90 Å². The molecule has 6 heteroatoms. The second-order valence-corrected chi connectivity index (χ2v) is 3.59. The zero-order chi connectivity index (χ0) is 11.4. The van der Waals surface area contributed by atoms with Crippen molar-refractivity contribution in [1.29, 1.82) is 0 Å². The van der Waals surface area contributed by atoms with E-state index in [9.17, 15) is 0 Å². The van der Waals surface area contributed by atoms with E-state index < -0.39 is 0 Å². The van der Waals surface area contributed by atoms with E-state index >= 15 is 0 Å². The summed E-state index contributed by atoms with van der Waals surface area (Å²) in [5, 5.41) is 0. The van der Waals surface area contributed by atoms with E-state index in [2.05, 4.69) is 19.9 Å². The maximum absolute atomic E-state index is 4.18. The largest absolute Gasteiger partial charge is 0.369 e. The zero-order valence-electron chi connectivity index (χ0n) is 9.76. The van der Waals surface area contributed by atoms with Gasteiger partial charge >= 0.3 is 0 Å². The topological polar surface area (TPSA) is 57.5 Å². The van der Waals surface area contributed by atoms with E-state index in [4.69, 9.17) is 0 Å². The van der Waals surface area contributed by atoms with Crippen molar-refractivity contribution >= 4 is 18.2 Å². The molecular formula is C9H16N6. The molecule has 15 heavy (non-hydrogen) atoms. The summed E-state index contributed by atoms with van der Waals surface area (Å²) in [5.41, 5.74) is 0. The maximum Gasteiger partial charge on any atom is 0.255 e. The van der Waals surface area contributed by atoms with Crippen LogP contribution in [0.25, 0.3) is 0 Å². The number of rotatable bonds is 3. The third kappa shape index (κ3) is 3.49. The molecule has 6 nitrogen and oxygen atoms in total. The summed E-state index contributed by atoms with van der Waals surface area (Å²) in [5.74, 6) is 1.72. The molecule has 1 rings (SSSR count). The molecule has 0 aliphatic rings. The molecule has 0 saturated carbocycles. The fraction of sp³-hybridized carbons (Fsp3) is 0.556. The first-order valence-corrected chi connectivity index (χ1v) is 4.59. The van der Waals surface area contributed by atoms with Crippen LogP contribution >= 0.6 is 0 Å². The second kappa shape index (κ2) is 4.68. The molecule has 0 aliphatic heterocycles. The summed E-state index contributed by atoms with van der Waals surface area (Å²) >= 11 is 0. The fourth-order valence-corrected chi connectivity index (χ4v) is 0.879. The number of aliphatic imine (C=N–C) groups is 1. The van der Waals surface area contributed by atoms with E-state index in [0.717, 1.165) is 0 Å². The molecule has 0 saturated heterocycles. The summed E-state index contributed by atoms with van der Waals surface area (Å²) in [6, 6.07) is 0. The predicted octanol–water partition coefficient (Wildman–Crippen LogP) is 0.467. The third-order valence-corrected chi connectivity index (χ3v) is 1.53. The SMILES string of the molecule is Cc1nc(/N=C/N(C)C)nc(N(C)C)n1. The van der Waals surface area contributed by atoms with Crippen LogP contribution in [-0.2, 0) is 0 Å². The monoisotopic (exact) mass is 208 g/mol. The Morgan fingerprint density at radius 3 is 2.27 bits per heavy atom. The van der Waals surface area contributed by atoms with Gasteiger partial charge in [0, 0.05) is 28.2 Å². The van der Waals surface area contributed by atoms with Gasteiger partial charge in [0.1, 0.15) is 5.82 Å². The van der Waals surface area contributed by atoms with Gasteiger partial charge in [0.25, 0.3) is 5.95 Å². The molecule has 82 valence electrons. The summed E-state index contributed by atoms with van der Waals surface area (Å²) in [6.07, 6.45) is 1.66. The lowest BCUT2D eigenvalue weighted by Crippen LogP contribution is -2.14. The lowest BCUT2D eigenvalue weighted by Gasteiger charge is -2.10. The van der Waals surface area contributed by atoms with Crippen LogP contribution in [0.3, 0.4) is 0 Å². The van der Waals surface area contributed by atoms with Crippen LogP contribution in [0.5, 0.6) is 0 Å². The van der Waals surface area contributed by atoms with Crippen LogP contribution in [0, 0.1) is 6.92 Å². The highest BCUT2D eigenvalue weighted by atomic mass is 15.3. The highest BCUT2D eigenvalue weighted by Gasteiger charge is 2.03. The first kappa shape index (κ1) is 11.4. The third-order valence-electron chi connectivity index (χ3n) is 1.53. The number of nitrogens with zero attached hydrogens (tertiary/aromatic N) is 6. The van der Waals surface area contributed by atoms with E-state index in [1.165, 1.54) is 0 Å². The molecule has 0 amide bonds. The Labute approximate surface area is 89.7 Å². The van der Waals surface area contributed by atoms with Crippen molar-refractivity contribution in [3.8, 4) is 0 Å². The van der Waals surface area contributed by atoms with Crippen molar-refractivity contribution in [3.05, 3.63) is 5.82 Å². The van der Waals surface area contributed by atoms with Gasteiger partial charge in [-0.25, -0.2) is 4.99 Å². The molecule has 1 heterocycles. The van der Waals surface area contributed by atoms with Crippen molar-refractivity contribution in [1.82, 2.24) is 19.9 Å². The first-order valence-electron chi connectivity index (χ1n) is 4.59. The standard InChI is InChI=1S/C9H16N6/c1-7-11-8(10-6-14(2)3)13-9(12-7)15(4)5/h6H,1-5H3/b10-6+. The minimum Gasteiger partial charge on any atom is -0.369 e. The van der Waals surface area contributed by atoms with Gasteiger partial charge in [0.05, 0.1) is 6.34 Å². The smallest absolute Gasteiger partial charge is 0.255 e. The molecule has 0 spiro atoms. The number of aryl methyl sites for hydroxylation is 1. The Kier molecular flexibility index (Phi) is 3.54. The Bertz CT molecular complexity index is 358. The first-order chi connectivity index (χ1) is 6.99. The van der Waals surface area contributed by atoms with Crippen LogP contribution in [0.15, 0.2) is 4.99 Å². The molecule has 0 unspecified atom stereocenters. The van der Waals surface area contributed by atoms with Crippen molar-refractivity contribution in [3.63, 3.8) is 0 Å². The van der Waals surface area contributed by atoms with Gasteiger partial charge in [-0.15, -0.1) is 0 Å². The van der Waals surface area contributed by atoms with Gasteiger partial charge in [0.15, 0.2) is 0 Å². The molecule has 1 aromatic rings. The van der Waals surface area contributed by atoms with Gasteiger partial charge in [-0.05, 0) is 6.92 Å². The molecular weight excluding hydrogens is 192 g/mol. The minimum atomic E-state index is 0.430. The van der Waals surface area contributed by atoms with Gasteiger partial charge in [-0.2, -0.15) is 15.0 Å². The van der Waals surface area contributed by atoms with Crippen molar-refractivity contribution in [2.75, 3.05) is 33.1 Å². The quantitative estimate of drug-likeness (QED) is 0.534. The molecule has 1 aromatic heterocycles.